The molecule has 2 unspecified atom stereocenters. The topological polar surface area (TPSA) is 85.0 Å². The third kappa shape index (κ3) is 3.20. The average Bonchev–Trinajstić information content (AvgIpc) is 2.82. The molecule has 18 heavy (non-hydrogen) atoms. The Kier molecular flexibility index (Phi) is 4.94. The summed E-state index contributed by atoms with van der Waals surface area (Å²) >= 11 is 0. The highest BCUT2D eigenvalue weighted by Gasteiger charge is 2.35. The van der Waals surface area contributed by atoms with Gasteiger partial charge < -0.3 is 25.2 Å². The first-order chi connectivity index (χ1) is 8.72. The van der Waals surface area contributed by atoms with Gasteiger partial charge in [0.15, 0.2) is 0 Å². The van der Waals surface area contributed by atoms with Gasteiger partial charge in [0.25, 0.3) is 0 Å². The predicted octanol–water partition coefficient (Wildman–Crippen LogP) is -1.04. The van der Waals surface area contributed by atoms with Gasteiger partial charge in [-0.1, -0.05) is 0 Å². The van der Waals surface area contributed by atoms with Crippen LogP contribution in [-0.4, -0.2) is 67.6 Å². The van der Waals surface area contributed by atoms with Crippen molar-refractivity contribution in [3.05, 3.63) is 0 Å². The summed E-state index contributed by atoms with van der Waals surface area (Å²) in [5.74, 6) is -0.0690. The maximum Gasteiger partial charge on any atom is 0.229 e. The quantitative estimate of drug-likeness (QED) is 0.673. The summed E-state index contributed by atoms with van der Waals surface area (Å²) in [5.41, 5.74) is 5.85. The first-order valence-electron chi connectivity index (χ1n) is 6.57. The van der Waals surface area contributed by atoms with Crippen molar-refractivity contribution in [2.75, 3.05) is 39.5 Å². The second-order valence-corrected chi connectivity index (χ2v) is 4.93. The molecule has 0 bridgehead atoms. The van der Waals surface area contributed by atoms with Crippen LogP contribution < -0.4 is 5.73 Å². The number of carbonyl (C=O) groups excluding carboxylic acids is 1. The van der Waals surface area contributed by atoms with Crippen LogP contribution in [0.4, 0.5) is 0 Å². The van der Waals surface area contributed by atoms with Crippen molar-refractivity contribution in [1.82, 2.24) is 4.90 Å². The summed E-state index contributed by atoms with van der Waals surface area (Å²) in [7, 11) is 0. The molecule has 2 saturated heterocycles. The summed E-state index contributed by atoms with van der Waals surface area (Å²) in [5, 5.41) is 8.69. The fourth-order valence-electron chi connectivity index (χ4n) is 2.52. The first-order valence-corrected chi connectivity index (χ1v) is 6.57. The molecule has 0 aromatic rings. The number of aliphatic hydroxyl groups excluding tert-OH is 1. The Balaban J connectivity index is 1.77. The van der Waals surface area contributed by atoms with Crippen LogP contribution in [0.15, 0.2) is 0 Å². The van der Waals surface area contributed by atoms with Crippen LogP contribution in [0, 0.1) is 5.92 Å². The van der Waals surface area contributed by atoms with Crippen molar-refractivity contribution in [3.63, 3.8) is 0 Å². The maximum absolute atomic E-state index is 12.2. The van der Waals surface area contributed by atoms with Crippen molar-refractivity contribution in [2.45, 2.75) is 25.0 Å². The Labute approximate surface area is 107 Å². The molecule has 0 aromatic heterocycles. The molecule has 2 aliphatic rings. The van der Waals surface area contributed by atoms with Gasteiger partial charge in [-0.2, -0.15) is 0 Å². The fourth-order valence-corrected chi connectivity index (χ4v) is 2.52. The second kappa shape index (κ2) is 6.47. The number of carbonyl (C=O) groups is 1. The highest BCUT2D eigenvalue weighted by atomic mass is 16.5. The highest BCUT2D eigenvalue weighted by molar-refractivity contribution is 5.80. The highest BCUT2D eigenvalue weighted by Crippen LogP contribution is 2.19. The van der Waals surface area contributed by atoms with Gasteiger partial charge >= 0.3 is 0 Å². The van der Waals surface area contributed by atoms with Gasteiger partial charge in [-0.15, -0.1) is 0 Å². The number of likely N-dealkylation sites (tertiary alicyclic amines) is 1. The molecule has 3 N–H and O–H groups in total. The Morgan fingerprint density at radius 1 is 1.39 bits per heavy atom. The number of ether oxygens (including phenoxy) is 2. The summed E-state index contributed by atoms with van der Waals surface area (Å²) in [6.45, 7) is 2.76. The summed E-state index contributed by atoms with van der Waals surface area (Å²) in [4.78, 5) is 14.1. The molecule has 1 amide bonds. The van der Waals surface area contributed by atoms with Crippen molar-refractivity contribution >= 4 is 5.91 Å². The molecule has 0 spiro atoms. The zero-order valence-corrected chi connectivity index (χ0v) is 10.6. The molecule has 2 heterocycles. The third-order valence-corrected chi connectivity index (χ3v) is 3.64. The van der Waals surface area contributed by atoms with E-state index in [0.29, 0.717) is 32.9 Å². The minimum atomic E-state index is -0.181. The van der Waals surface area contributed by atoms with Crippen LogP contribution in [0.3, 0.4) is 0 Å². The Morgan fingerprint density at radius 3 is 2.67 bits per heavy atom. The van der Waals surface area contributed by atoms with Crippen LogP contribution in [0.25, 0.3) is 0 Å². The molecule has 2 fully saturated rings. The molecule has 104 valence electrons. The number of amides is 1. The lowest BCUT2D eigenvalue weighted by Gasteiger charge is -2.33. The standard InChI is InChI=1S/C12H22N2O4/c13-11-8-17-7-10(11)12(16)14-3-1-9(2-4-14)18-6-5-15/h9-11,15H,1-8,13H2. The van der Waals surface area contributed by atoms with Crippen LogP contribution in [0.1, 0.15) is 12.8 Å². The zero-order chi connectivity index (χ0) is 13.0. The lowest BCUT2D eigenvalue weighted by molar-refractivity contribution is -0.138. The van der Waals surface area contributed by atoms with E-state index in [0.717, 1.165) is 12.8 Å². The predicted molar refractivity (Wildman–Crippen MR) is 64.9 cm³/mol. The van der Waals surface area contributed by atoms with E-state index >= 15 is 0 Å². The van der Waals surface area contributed by atoms with Gasteiger partial charge in [-0.3, -0.25) is 4.79 Å². The van der Waals surface area contributed by atoms with E-state index < -0.39 is 0 Å². The smallest absolute Gasteiger partial charge is 0.229 e. The molecule has 6 heteroatoms. The summed E-state index contributed by atoms with van der Waals surface area (Å²) in [6.07, 6.45) is 1.82. The van der Waals surface area contributed by atoms with Gasteiger partial charge in [0, 0.05) is 19.1 Å². The monoisotopic (exact) mass is 258 g/mol. The minimum absolute atomic E-state index is 0.0490. The van der Waals surface area contributed by atoms with Gasteiger partial charge in [-0.05, 0) is 12.8 Å². The zero-order valence-electron chi connectivity index (χ0n) is 10.6. The molecule has 2 rings (SSSR count). The molecular formula is C12H22N2O4. The van der Waals surface area contributed by atoms with Crippen molar-refractivity contribution in [3.8, 4) is 0 Å². The Bertz CT molecular complexity index is 279. The lowest BCUT2D eigenvalue weighted by atomic mass is 10.0. The largest absolute Gasteiger partial charge is 0.394 e. The van der Waals surface area contributed by atoms with Crippen molar-refractivity contribution in [2.24, 2.45) is 11.7 Å². The van der Waals surface area contributed by atoms with E-state index in [1.54, 1.807) is 0 Å². The fraction of sp³-hybridized carbons (Fsp3) is 0.917. The third-order valence-electron chi connectivity index (χ3n) is 3.64. The molecule has 0 radical (unpaired) electrons. The van der Waals surface area contributed by atoms with Gasteiger partial charge in [-0.25, -0.2) is 0 Å². The molecular weight excluding hydrogens is 236 g/mol. The number of piperidine rings is 1. The summed E-state index contributed by atoms with van der Waals surface area (Å²) < 4.78 is 10.7. The Hall–Kier alpha value is -0.690. The normalized spacial score (nSPS) is 29.8. The van der Waals surface area contributed by atoms with E-state index in [1.165, 1.54) is 0 Å². The van der Waals surface area contributed by atoms with Crippen molar-refractivity contribution < 1.29 is 19.4 Å². The van der Waals surface area contributed by atoms with Gasteiger partial charge in [0.2, 0.25) is 5.91 Å². The number of nitrogens with zero attached hydrogens (tertiary/aromatic N) is 1. The van der Waals surface area contributed by atoms with Gasteiger partial charge in [0.05, 0.1) is 38.4 Å². The second-order valence-electron chi connectivity index (χ2n) is 4.93. The SMILES string of the molecule is NC1COCC1C(=O)N1CCC(OCCO)CC1. The molecule has 2 atom stereocenters. The minimum Gasteiger partial charge on any atom is -0.394 e. The first kappa shape index (κ1) is 13.7. The molecule has 0 saturated carbocycles. The molecule has 6 nitrogen and oxygen atoms in total. The number of rotatable bonds is 4. The van der Waals surface area contributed by atoms with E-state index in [9.17, 15) is 4.79 Å². The van der Waals surface area contributed by atoms with E-state index in [4.69, 9.17) is 20.3 Å². The summed E-state index contributed by atoms with van der Waals surface area (Å²) in [6, 6.07) is -0.166. The van der Waals surface area contributed by atoms with Crippen LogP contribution in [-0.2, 0) is 14.3 Å². The number of hydrogen-bond acceptors (Lipinski definition) is 5. The van der Waals surface area contributed by atoms with E-state index in [-0.39, 0.29) is 30.6 Å². The van der Waals surface area contributed by atoms with E-state index in [2.05, 4.69) is 0 Å². The average molecular weight is 258 g/mol. The number of nitrogens with two attached hydrogens (primary N) is 1. The van der Waals surface area contributed by atoms with Crippen LogP contribution >= 0.6 is 0 Å². The molecule has 2 aliphatic heterocycles. The van der Waals surface area contributed by atoms with Crippen LogP contribution in [0.2, 0.25) is 0 Å². The van der Waals surface area contributed by atoms with E-state index in [1.807, 2.05) is 4.90 Å². The Morgan fingerprint density at radius 2 is 2.11 bits per heavy atom. The maximum atomic E-state index is 12.2. The van der Waals surface area contributed by atoms with Crippen LogP contribution in [0.5, 0.6) is 0 Å². The molecule has 0 aromatic carbocycles. The van der Waals surface area contributed by atoms with Crippen molar-refractivity contribution in [1.29, 1.82) is 0 Å². The van der Waals surface area contributed by atoms with Gasteiger partial charge in [0.1, 0.15) is 0 Å². The number of hydrogen-bond donors (Lipinski definition) is 2. The molecule has 0 aliphatic carbocycles. The number of aliphatic hydroxyl groups is 1. The lowest BCUT2D eigenvalue weighted by Crippen LogP contribution is -2.47.